The van der Waals surface area contributed by atoms with E-state index in [-0.39, 0.29) is 0 Å². The number of para-hydroxylation sites is 1. The lowest BCUT2D eigenvalue weighted by Crippen LogP contribution is -2.06. The van der Waals surface area contributed by atoms with Gasteiger partial charge in [-0.1, -0.05) is 64.4 Å². The first-order chi connectivity index (χ1) is 14.5. The summed E-state index contributed by atoms with van der Waals surface area (Å²) in [4.78, 5) is 6.92. The zero-order valence-corrected chi connectivity index (χ0v) is 19.0. The van der Waals surface area contributed by atoms with Gasteiger partial charge in [0.15, 0.2) is 0 Å². The van der Waals surface area contributed by atoms with Gasteiger partial charge < -0.3 is 9.97 Å². The predicted molar refractivity (Wildman–Crippen MR) is 130 cm³/mol. The molecule has 0 radical (unpaired) electrons. The first-order valence-electron chi connectivity index (χ1n) is 11.6. The predicted octanol–water partition coefficient (Wildman–Crippen LogP) is 7.69. The highest BCUT2D eigenvalue weighted by molar-refractivity contribution is 5.84. The van der Waals surface area contributed by atoms with Crippen LogP contribution in [0.25, 0.3) is 21.8 Å². The highest BCUT2D eigenvalue weighted by atomic mass is 14.7. The Morgan fingerprint density at radius 1 is 0.767 bits per heavy atom. The van der Waals surface area contributed by atoms with Crippen molar-refractivity contribution in [1.29, 1.82) is 0 Å². The van der Waals surface area contributed by atoms with Crippen LogP contribution in [0.1, 0.15) is 57.2 Å². The number of nitrogens with one attached hydrogen (secondary N) is 2. The van der Waals surface area contributed by atoms with Crippen molar-refractivity contribution in [3.8, 4) is 0 Å². The number of aromatic nitrogens is 2. The number of benzene rings is 2. The molecule has 4 rings (SSSR count). The van der Waals surface area contributed by atoms with Gasteiger partial charge in [-0.05, 0) is 72.3 Å². The van der Waals surface area contributed by atoms with Crippen LogP contribution >= 0.6 is 0 Å². The van der Waals surface area contributed by atoms with Crippen molar-refractivity contribution < 1.29 is 0 Å². The van der Waals surface area contributed by atoms with Crippen molar-refractivity contribution in [2.24, 2.45) is 17.8 Å². The van der Waals surface area contributed by atoms with Crippen LogP contribution in [0.15, 0.2) is 54.9 Å². The number of hydrogen-bond acceptors (Lipinski definition) is 0. The molecule has 2 aromatic carbocycles. The number of hydrogen-bond donors (Lipinski definition) is 2. The highest BCUT2D eigenvalue weighted by Gasteiger charge is 2.13. The van der Waals surface area contributed by atoms with Crippen LogP contribution in [0.3, 0.4) is 0 Å². The largest absolute Gasteiger partial charge is 0.361 e. The molecule has 4 aromatic rings. The first-order valence-corrected chi connectivity index (χ1v) is 11.6. The molecule has 0 fully saturated rings. The van der Waals surface area contributed by atoms with E-state index in [9.17, 15) is 0 Å². The molecule has 2 heteroatoms. The highest BCUT2D eigenvalue weighted by Crippen LogP contribution is 2.26. The third-order valence-electron chi connectivity index (χ3n) is 6.91. The molecule has 158 valence electrons. The molecule has 0 bridgehead atoms. The lowest BCUT2D eigenvalue weighted by atomic mass is 9.90. The standard InChI is InChI=1S/C28H36N2/c1-19(2)21(4)15-24-18-30-28-16-22(12-13-26(24)28)14-20(3)8-7-9-23-17-29-27-11-6-5-10-25(23)27/h5-6,10-13,16-21,29-30H,7-9,14-15H2,1-4H3. The Labute approximate surface area is 181 Å². The smallest absolute Gasteiger partial charge is 0.0459 e. The fraction of sp³-hybridized carbons (Fsp3) is 0.429. The molecule has 2 atom stereocenters. The van der Waals surface area contributed by atoms with Gasteiger partial charge in [0.25, 0.3) is 0 Å². The molecule has 0 aliphatic rings. The van der Waals surface area contributed by atoms with Crippen LogP contribution in [0.5, 0.6) is 0 Å². The fourth-order valence-corrected chi connectivity index (χ4v) is 4.60. The summed E-state index contributed by atoms with van der Waals surface area (Å²) in [5, 5.41) is 2.78. The second-order valence-corrected chi connectivity index (χ2v) is 9.68. The van der Waals surface area contributed by atoms with Crippen molar-refractivity contribution in [2.45, 2.75) is 59.8 Å². The molecular weight excluding hydrogens is 364 g/mol. The van der Waals surface area contributed by atoms with E-state index in [0.717, 1.165) is 25.2 Å². The maximum atomic E-state index is 3.52. The van der Waals surface area contributed by atoms with Gasteiger partial charge in [0.05, 0.1) is 0 Å². The fourth-order valence-electron chi connectivity index (χ4n) is 4.60. The van der Waals surface area contributed by atoms with Gasteiger partial charge in [-0.15, -0.1) is 0 Å². The molecule has 0 saturated carbocycles. The van der Waals surface area contributed by atoms with Crippen LogP contribution < -0.4 is 0 Å². The van der Waals surface area contributed by atoms with Gasteiger partial charge >= 0.3 is 0 Å². The maximum absolute atomic E-state index is 3.52. The average Bonchev–Trinajstić information content (AvgIpc) is 3.32. The Balaban J connectivity index is 1.33. The van der Waals surface area contributed by atoms with Gasteiger partial charge in [0.1, 0.15) is 0 Å². The summed E-state index contributed by atoms with van der Waals surface area (Å²) >= 11 is 0. The van der Waals surface area contributed by atoms with Gasteiger partial charge in [-0.3, -0.25) is 0 Å². The molecule has 0 aliphatic heterocycles. The second-order valence-electron chi connectivity index (χ2n) is 9.68. The van der Waals surface area contributed by atoms with E-state index in [0.29, 0.717) is 11.8 Å². The van der Waals surface area contributed by atoms with Crippen LogP contribution in [0.4, 0.5) is 0 Å². The van der Waals surface area contributed by atoms with Gasteiger partial charge in [0, 0.05) is 34.2 Å². The third kappa shape index (κ3) is 4.64. The Hall–Kier alpha value is -2.48. The number of rotatable bonds is 9. The molecule has 0 spiro atoms. The Bertz CT molecular complexity index is 1100. The van der Waals surface area contributed by atoms with E-state index in [1.54, 1.807) is 0 Å². The van der Waals surface area contributed by atoms with E-state index in [1.807, 2.05) is 0 Å². The van der Waals surface area contributed by atoms with Crippen molar-refractivity contribution in [1.82, 2.24) is 9.97 Å². The van der Waals surface area contributed by atoms with Gasteiger partial charge in [0.2, 0.25) is 0 Å². The summed E-state index contributed by atoms with van der Waals surface area (Å²) in [6.45, 7) is 9.38. The Kier molecular flexibility index (Phi) is 6.32. The van der Waals surface area contributed by atoms with E-state index >= 15 is 0 Å². The molecule has 2 aromatic heterocycles. The lowest BCUT2D eigenvalue weighted by molar-refractivity contribution is 0.418. The van der Waals surface area contributed by atoms with Crippen molar-refractivity contribution >= 4 is 21.8 Å². The normalized spacial score (nSPS) is 14.0. The van der Waals surface area contributed by atoms with Gasteiger partial charge in [-0.2, -0.15) is 0 Å². The van der Waals surface area contributed by atoms with Crippen molar-refractivity contribution in [3.05, 3.63) is 71.5 Å². The molecule has 0 amide bonds. The number of aryl methyl sites for hydroxylation is 1. The summed E-state index contributed by atoms with van der Waals surface area (Å²) < 4.78 is 0. The summed E-state index contributed by atoms with van der Waals surface area (Å²) in [7, 11) is 0. The molecule has 2 unspecified atom stereocenters. The second kappa shape index (κ2) is 9.12. The zero-order valence-electron chi connectivity index (χ0n) is 19.0. The van der Waals surface area contributed by atoms with Gasteiger partial charge in [-0.25, -0.2) is 0 Å². The van der Waals surface area contributed by atoms with Crippen molar-refractivity contribution in [2.75, 3.05) is 0 Å². The molecular formula is C28H36N2. The SMILES string of the molecule is CC(CCCc1c[nH]c2ccccc12)Cc1ccc2c(CC(C)C(C)C)c[nH]c2c1. The van der Waals surface area contributed by atoms with E-state index < -0.39 is 0 Å². The van der Waals surface area contributed by atoms with Crippen LogP contribution in [-0.2, 0) is 19.3 Å². The minimum absolute atomic E-state index is 0.697. The van der Waals surface area contributed by atoms with E-state index in [2.05, 4.69) is 92.5 Å². The van der Waals surface area contributed by atoms with E-state index in [4.69, 9.17) is 0 Å². The first kappa shape index (κ1) is 20.8. The average molecular weight is 401 g/mol. The van der Waals surface area contributed by atoms with Crippen LogP contribution in [-0.4, -0.2) is 9.97 Å². The summed E-state index contributed by atoms with van der Waals surface area (Å²) in [6.07, 6.45) is 10.4. The number of fused-ring (bicyclic) bond motifs is 2. The third-order valence-corrected chi connectivity index (χ3v) is 6.91. The minimum Gasteiger partial charge on any atom is -0.361 e. The Morgan fingerprint density at radius 3 is 2.33 bits per heavy atom. The summed E-state index contributed by atoms with van der Waals surface area (Å²) in [6, 6.07) is 15.7. The quantitative estimate of drug-likeness (QED) is 0.289. The number of aromatic amines is 2. The molecule has 2 heterocycles. The topological polar surface area (TPSA) is 31.6 Å². The molecule has 0 saturated heterocycles. The van der Waals surface area contributed by atoms with Crippen LogP contribution in [0, 0.1) is 17.8 Å². The van der Waals surface area contributed by atoms with Crippen molar-refractivity contribution in [3.63, 3.8) is 0 Å². The molecule has 30 heavy (non-hydrogen) atoms. The summed E-state index contributed by atoms with van der Waals surface area (Å²) in [5.41, 5.74) is 6.91. The molecule has 2 nitrogen and oxygen atoms in total. The minimum atomic E-state index is 0.697. The monoisotopic (exact) mass is 400 g/mol. The molecule has 2 N–H and O–H groups in total. The summed E-state index contributed by atoms with van der Waals surface area (Å²) in [5.74, 6) is 2.13. The molecule has 0 aliphatic carbocycles. The number of H-pyrrole nitrogens is 2. The van der Waals surface area contributed by atoms with Crippen LogP contribution in [0.2, 0.25) is 0 Å². The van der Waals surface area contributed by atoms with E-state index in [1.165, 1.54) is 51.3 Å². The maximum Gasteiger partial charge on any atom is 0.0459 e. The Morgan fingerprint density at radius 2 is 1.50 bits per heavy atom. The lowest BCUT2D eigenvalue weighted by Gasteiger charge is -2.15. The zero-order chi connectivity index (χ0) is 21.1.